The molecule has 5 heterocycles. The maximum Gasteiger partial charge on any atom is 0.258 e. The predicted octanol–water partition coefficient (Wildman–Crippen LogP) is 2.03. The summed E-state index contributed by atoms with van der Waals surface area (Å²) in [7, 11) is 0. The number of hydrogen-bond donors (Lipinski definition) is 1. The number of imide groups is 2. The number of nitrogens with zero attached hydrogens (tertiary/aromatic N) is 4. The summed E-state index contributed by atoms with van der Waals surface area (Å²) < 4.78 is 1.95. The van der Waals surface area contributed by atoms with Crippen molar-refractivity contribution in [2.24, 2.45) is 11.8 Å². The number of amides is 4. The number of ketones is 1. The normalized spacial score (nSPS) is 20.7. The smallest absolute Gasteiger partial charge is 0.258 e. The molecule has 0 spiro atoms. The minimum Gasteiger partial charge on any atom is -1.00 e. The Morgan fingerprint density at radius 2 is 1.07 bits per heavy atom. The number of para-hydroxylation sites is 2. The lowest BCUT2D eigenvalue weighted by Crippen LogP contribution is -3.00. The molecule has 4 aliphatic rings. The lowest BCUT2D eigenvalue weighted by molar-refractivity contribution is -0.688. The van der Waals surface area contributed by atoms with Gasteiger partial charge < -0.3 is 22.1 Å². The zero-order valence-electron chi connectivity index (χ0n) is 29.5. The number of carbonyl (C=O) groups is 5. The number of halogens is 1. The Labute approximate surface area is 329 Å². The molecule has 4 atom stereocenters. The van der Waals surface area contributed by atoms with E-state index in [0.717, 1.165) is 17.0 Å². The SMILES string of the molecule is O=C1C=CC(=O)N1c1ccccc1.O=C1C=C[C@H]2[C@@H]3C(=O)N(c4ccccc4)C(=O)[C@@H]3[C@@H]1N2Cc1ccccc1.Oc1ccc[n+](Cc2ccccc2)c1.[Br-]. The topological polar surface area (TPSA) is 119 Å². The van der Waals surface area contributed by atoms with Crippen molar-refractivity contribution in [3.05, 3.63) is 181 Å². The van der Waals surface area contributed by atoms with E-state index in [1.54, 1.807) is 72.9 Å². The standard InChI is InChI=1S/C22H18N2O3.C12H11NO.C10H7NO2.BrH/c25-17-12-11-16-18-19(20(17)23(16)13-14-7-3-1-4-8-14)22(27)24(21(18)26)15-9-5-2-6-10-15;14-12-7-4-8-13(10-12)9-11-5-2-1-3-6-11;12-9-6-7-10(13)11(9)8-4-2-1-3-5-8;/h1-12,16,18-20H,13H2;1-8,10H,9H2;1-7H;1H/t16-,18-,19-,20+;;;/m0.../s1. The molecule has 1 N–H and O–H groups in total. The van der Waals surface area contributed by atoms with E-state index in [2.05, 4.69) is 12.1 Å². The summed E-state index contributed by atoms with van der Waals surface area (Å²) in [6, 6.07) is 40.5. The fourth-order valence-electron chi connectivity index (χ4n) is 7.33. The Balaban J connectivity index is 0.000000155. The molecule has 4 aromatic carbocycles. The Kier molecular flexibility index (Phi) is 12.0. The molecule has 4 aliphatic heterocycles. The molecular weight excluding hydrogens is 760 g/mol. The van der Waals surface area contributed by atoms with E-state index < -0.39 is 17.9 Å². The first kappa shape index (κ1) is 38.4. The van der Waals surface area contributed by atoms with Gasteiger partial charge in [0, 0.05) is 36.4 Å². The van der Waals surface area contributed by atoms with Gasteiger partial charge in [-0.3, -0.25) is 28.9 Å². The van der Waals surface area contributed by atoms with Crippen LogP contribution in [0, 0.1) is 11.8 Å². The molecular formula is C44H37BrN4O6. The molecule has 0 unspecified atom stereocenters. The van der Waals surface area contributed by atoms with E-state index in [0.29, 0.717) is 23.7 Å². The average molecular weight is 798 g/mol. The highest BCUT2D eigenvalue weighted by Gasteiger charge is 2.64. The van der Waals surface area contributed by atoms with E-state index in [1.807, 2.05) is 82.4 Å². The lowest BCUT2D eigenvalue weighted by Gasteiger charge is -2.33. The van der Waals surface area contributed by atoms with Gasteiger partial charge in [-0.15, -0.1) is 0 Å². The van der Waals surface area contributed by atoms with Crippen molar-refractivity contribution in [1.82, 2.24) is 4.90 Å². The van der Waals surface area contributed by atoms with Crippen molar-refractivity contribution in [3.8, 4) is 5.75 Å². The highest BCUT2D eigenvalue weighted by Crippen LogP contribution is 2.47. The summed E-state index contributed by atoms with van der Waals surface area (Å²) in [5.41, 5.74) is 3.48. The maximum atomic E-state index is 13.2. The van der Waals surface area contributed by atoms with Crippen LogP contribution in [0.2, 0.25) is 0 Å². The number of fused-ring (bicyclic) bond motifs is 5. The summed E-state index contributed by atoms with van der Waals surface area (Å²) in [5, 5.41) is 9.27. The second-order valence-electron chi connectivity index (χ2n) is 13.2. The molecule has 55 heavy (non-hydrogen) atoms. The van der Waals surface area contributed by atoms with Gasteiger partial charge in [0.15, 0.2) is 24.3 Å². The van der Waals surface area contributed by atoms with Crippen molar-refractivity contribution >= 4 is 40.8 Å². The van der Waals surface area contributed by atoms with Crippen LogP contribution in [0.15, 0.2) is 170 Å². The van der Waals surface area contributed by atoms with Gasteiger partial charge in [-0.1, -0.05) is 103 Å². The number of pyridine rings is 1. The Bertz CT molecular complexity index is 2210. The van der Waals surface area contributed by atoms with E-state index in [1.165, 1.54) is 22.6 Å². The number of hydrogen-bond acceptors (Lipinski definition) is 7. The molecule has 0 aliphatic carbocycles. The highest BCUT2D eigenvalue weighted by atomic mass is 79.9. The van der Waals surface area contributed by atoms with Crippen LogP contribution in [0.25, 0.3) is 0 Å². The van der Waals surface area contributed by atoms with E-state index in [4.69, 9.17) is 0 Å². The van der Waals surface area contributed by atoms with Crippen molar-refractivity contribution in [1.29, 1.82) is 0 Å². The number of aromatic hydroxyl groups is 1. The summed E-state index contributed by atoms with van der Waals surface area (Å²) in [6.07, 6.45) is 9.54. The van der Waals surface area contributed by atoms with Gasteiger partial charge in [0.05, 0.1) is 29.3 Å². The highest BCUT2D eigenvalue weighted by molar-refractivity contribution is 6.28. The lowest BCUT2D eigenvalue weighted by atomic mass is 9.90. The third kappa shape index (κ3) is 8.28. The molecule has 2 fully saturated rings. The molecule has 4 amide bonds. The molecule has 10 nitrogen and oxygen atoms in total. The van der Waals surface area contributed by atoms with Crippen LogP contribution in [0.4, 0.5) is 11.4 Å². The zero-order valence-corrected chi connectivity index (χ0v) is 31.1. The third-order valence-corrected chi connectivity index (χ3v) is 9.69. The minimum atomic E-state index is -0.617. The molecule has 9 rings (SSSR count). The zero-order chi connectivity index (χ0) is 37.6. The number of anilines is 2. The fraction of sp³-hybridized carbons (Fsp3) is 0.136. The number of aromatic nitrogens is 1. The monoisotopic (exact) mass is 796 g/mol. The van der Waals surface area contributed by atoms with Gasteiger partial charge in [-0.25, -0.2) is 9.80 Å². The van der Waals surface area contributed by atoms with Gasteiger partial charge >= 0.3 is 0 Å². The summed E-state index contributed by atoms with van der Waals surface area (Å²) in [5.74, 6) is -1.95. The van der Waals surface area contributed by atoms with Gasteiger partial charge in [0.2, 0.25) is 18.0 Å². The van der Waals surface area contributed by atoms with Gasteiger partial charge in [-0.2, -0.15) is 4.57 Å². The summed E-state index contributed by atoms with van der Waals surface area (Å²) in [4.78, 5) is 65.9. The molecule has 11 heteroatoms. The minimum absolute atomic E-state index is 0. The largest absolute Gasteiger partial charge is 1.00 e. The van der Waals surface area contributed by atoms with Gasteiger partial charge in [-0.05, 0) is 42.0 Å². The molecule has 5 aromatic rings. The maximum absolute atomic E-state index is 13.2. The first-order valence-electron chi connectivity index (χ1n) is 17.6. The first-order chi connectivity index (χ1) is 26.3. The number of rotatable bonds is 6. The van der Waals surface area contributed by atoms with E-state index in [9.17, 15) is 29.1 Å². The predicted molar refractivity (Wildman–Crippen MR) is 202 cm³/mol. The summed E-state index contributed by atoms with van der Waals surface area (Å²) in [6.45, 7) is 1.33. The van der Waals surface area contributed by atoms with E-state index >= 15 is 0 Å². The third-order valence-electron chi connectivity index (χ3n) is 9.69. The molecule has 0 radical (unpaired) electrons. The Hall–Kier alpha value is -6.30. The van der Waals surface area contributed by atoms with Crippen LogP contribution in [0.5, 0.6) is 5.75 Å². The van der Waals surface area contributed by atoms with Crippen molar-refractivity contribution in [2.45, 2.75) is 25.2 Å². The second kappa shape index (κ2) is 17.2. The molecule has 0 saturated carbocycles. The van der Waals surface area contributed by atoms with Crippen LogP contribution in [-0.4, -0.2) is 51.5 Å². The van der Waals surface area contributed by atoms with Crippen molar-refractivity contribution < 1.29 is 50.6 Å². The number of carbonyl (C=O) groups excluding carboxylic acids is 5. The number of benzene rings is 4. The second-order valence-corrected chi connectivity index (χ2v) is 13.2. The van der Waals surface area contributed by atoms with Crippen molar-refractivity contribution in [3.63, 3.8) is 0 Å². The van der Waals surface area contributed by atoms with Gasteiger partial charge in [0.1, 0.15) is 0 Å². The molecule has 276 valence electrons. The Morgan fingerprint density at radius 3 is 1.64 bits per heavy atom. The quantitative estimate of drug-likeness (QED) is 0.207. The van der Waals surface area contributed by atoms with Crippen LogP contribution < -0.4 is 31.3 Å². The average Bonchev–Trinajstić information content (AvgIpc) is 3.75. The molecule has 1 aromatic heterocycles. The Morgan fingerprint density at radius 1 is 0.564 bits per heavy atom. The van der Waals surface area contributed by atoms with Crippen LogP contribution >= 0.6 is 0 Å². The van der Waals surface area contributed by atoms with Crippen molar-refractivity contribution in [2.75, 3.05) is 9.80 Å². The molecule has 2 saturated heterocycles. The summed E-state index contributed by atoms with van der Waals surface area (Å²) >= 11 is 0. The fourth-order valence-corrected chi connectivity index (χ4v) is 7.33. The molecule has 2 bridgehead atoms. The van der Waals surface area contributed by atoms with Crippen LogP contribution in [-0.2, 0) is 37.1 Å². The van der Waals surface area contributed by atoms with Crippen LogP contribution in [0.3, 0.4) is 0 Å². The van der Waals surface area contributed by atoms with E-state index in [-0.39, 0.29) is 52.4 Å². The first-order valence-corrected chi connectivity index (χ1v) is 17.6. The van der Waals surface area contributed by atoms with Gasteiger partial charge in [0.25, 0.3) is 11.8 Å². The van der Waals surface area contributed by atoms with Crippen LogP contribution in [0.1, 0.15) is 11.1 Å².